The summed E-state index contributed by atoms with van der Waals surface area (Å²) in [6.45, 7) is 20.4. The maximum atomic E-state index is 11.6. The molecule has 0 aliphatic rings. The smallest absolute Gasteiger partial charge is 0.145 e. The summed E-state index contributed by atoms with van der Waals surface area (Å²) in [4.78, 5) is 15.5. The van der Waals surface area contributed by atoms with Gasteiger partial charge in [-0.15, -0.1) is 0 Å². The van der Waals surface area contributed by atoms with Crippen molar-refractivity contribution < 1.29 is 5.11 Å². The minimum Gasteiger partial charge on any atom is -0.507 e. The van der Waals surface area contributed by atoms with Crippen molar-refractivity contribution in [3.8, 4) is 67.3 Å². The van der Waals surface area contributed by atoms with Crippen LogP contribution in [0.3, 0.4) is 0 Å². The standard InChI is InChI=1S/C57H54N4O/c1-55(2,3)42-23-24-49(45(32-42)37-19-14-11-15-20-37)61-50-35-58-34-48(47-31-38(22-25-51(47)62)36-17-12-10-13-18-36)53(50)60-54(61)41-27-40(29-43(30-41)56(4,5)6)46-33-44(57(7,8)9)28-39-21-16-26-59-52(39)46/h10-35,62H,1-9H3. The van der Waals surface area contributed by atoms with Crippen LogP contribution >= 0.6 is 0 Å². The lowest BCUT2D eigenvalue weighted by molar-refractivity contribution is 0.477. The van der Waals surface area contributed by atoms with Gasteiger partial charge in [0, 0.05) is 45.6 Å². The van der Waals surface area contributed by atoms with E-state index in [4.69, 9.17) is 15.0 Å². The molecule has 0 atom stereocenters. The minimum atomic E-state index is -0.188. The van der Waals surface area contributed by atoms with Crippen molar-refractivity contribution in [2.24, 2.45) is 0 Å². The fourth-order valence-corrected chi connectivity index (χ4v) is 8.43. The topological polar surface area (TPSA) is 63.8 Å². The molecule has 5 heteroatoms. The molecular formula is C57H54N4O. The lowest BCUT2D eigenvalue weighted by Gasteiger charge is -2.24. The number of pyridine rings is 2. The minimum absolute atomic E-state index is 0.0724. The Morgan fingerprint density at radius 2 is 1.10 bits per heavy atom. The predicted molar refractivity (Wildman–Crippen MR) is 259 cm³/mol. The first-order valence-corrected chi connectivity index (χ1v) is 21.6. The second-order valence-corrected chi connectivity index (χ2v) is 19.7. The van der Waals surface area contributed by atoms with Crippen LogP contribution in [0.2, 0.25) is 0 Å². The predicted octanol–water partition coefficient (Wildman–Crippen LogP) is 14.9. The van der Waals surface area contributed by atoms with Crippen molar-refractivity contribution in [3.05, 3.63) is 175 Å². The van der Waals surface area contributed by atoms with E-state index < -0.39 is 0 Å². The number of aromatic nitrogens is 4. The van der Waals surface area contributed by atoms with Crippen LogP contribution in [-0.4, -0.2) is 24.6 Å². The molecule has 0 spiro atoms. The molecule has 0 amide bonds. The van der Waals surface area contributed by atoms with Gasteiger partial charge < -0.3 is 5.11 Å². The van der Waals surface area contributed by atoms with E-state index >= 15 is 0 Å². The third kappa shape index (κ3) is 7.57. The van der Waals surface area contributed by atoms with E-state index in [9.17, 15) is 5.11 Å². The average Bonchev–Trinajstić information content (AvgIpc) is 3.65. The van der Waals surface area contributed by atoms with E-state index in [1.165, 1.54) is 16.7 Å². The molecule has 62 heavy (non-hydrogen) atoms. The maximum Gasteiger partial charge on any atom is 0.145 e. The third-order valence-electron chi connectivity index (χ3n) is 12.1. The van der Waals surface area contributed by atoms with Crippen LogP contribution in [0.4, 0.5) is 0 Å². The molecule has 0 fully saturated rings. The number of fused-ring (bicyclic) bond motifs is 2. The Labute approximate surface area is 365 Å². The van der Waals surface area contributed by atoms with Gasteiger partial charge in [-0.2, -0.15) is 0 Å². The number of rotatable bonds is 6. The summed E-state index contributed by atoms with van der Waals surface area (Å²) >= 11 is 0. The van der Waals surface area contributed by atoms with Gasteiger partial charge in [-0.05, 0) is 110 Å². The highest BCUT2D eigenvalue weighted by Gasteiger charge is 2.26. The van der Waals surface area contributed by atoms with Crippen molar-refractivity contribution in [3.63, 3.8) is 0 Å². The van der Waals surface area contributed by atoms with Gasteiger partial charge in [0.15, 0.2) is 0 Å². The Hall–Kier alpha value is -6.85. The van der Waals surface area contributed by atoms with Gasteiger partial charge in [-0.1, -0.05) is 147 Å². The summed E-state index contributed by atoms with van der Waals surface area (Å²) in [5, 5.41) is 12.7. The summed E-state index contributed by atoms with van der Waals surface area (Å²) < 4.78 is 2.28. The molecule has 0 aliphatic carbocycles. The number of phenols is 1. The molecule has 5 nitrogen and oxygen atoms in total. The molecule has 0 saturated heterocycles. The van der Waals surface area contributed by atoms with Crippen LogP contribution in [0.1, 0.15) is 79.0 Å². The summed E-state index contributed by atoms with van der Waals surface area (Å²) in [5.74, 6) is 0.954. The molecule has 9 aromatic rings. The highest BCUT2D eigenvalue weighted by Crippen LogP contribution is 2.44. The fraction of sp³-hybridized carbons (Fsp3) is 0.211. The molecule has 0 aliphatic heterocycles. The van der Waals surface area contributed by atoms with Crippen LogP contribution < -0.4 is 0 Å². The third-order valence-corrected chi connectivity index (χ3v) is 12.1. The molecule has 3 aromatic heterocycles. The summed E-state index contributed by atoms with van der Waals surface area (Å²) in [6, 6.07) is 49.2. The molecule has 0 radical (unpaired) electrons. The number of benzene rings is 6. The van der Waals surface area contributed by atoms with Crippen LogP contribution in [0.15, 0.2) is 158 Å². The van der Waals surface area contributed by atoms with Gasteiger partial charge >= 0.3 is 0 Å². The number of nitrogens with zero attached hydrogens (tertiary/aromatic N) is 4. The second-order valence-electron chi connectivity index (χ2n) is 19.7. The SMILES string of the molecule is CC(C)(C)c1cc(-c2cc(C(C)(C)C)cc3cccnc23)cc(-c2nc3c(-c4cc(-c5ccccc5)ccc4O)cncc3n2-c2ccc(C(C)(C)C)cc2-c2ccccc2)c1. The Bertz CT molecular complexity index is 3120. The quantitative estimate of drug-likeness (QED) is 0.182. The van der Waals surface area contributed by atoms with Crippen molar-refractivity contribution >= 4 is 21.9 Å². The largest absolute Gasteiger partial charge is 0.507 e. The summed E-state index contributed by atoms with van der Waals surface area (Å²) in [5.41, 5.74) is 15.7. The van der Waals surface area contributed by atoms with E-state index in [2.05, 4.69) is 164 Å². The molecule has 0 unspecified atom stereocenters. The zero-order chi connectivity index (χ0) is 43.6. The Morgan fingerprint density at radius 1 is 0.452 bits per heavy atom. The van der Waals surface area contributed by atoms with Gasteiger partial charge in [0.1, 0.15) is 17.1 Å². The fourth-order valence-electron chi connectivity index (χ4n) is 8.43. The first kappa shape index (κ1) is 40.6. The first-order chi connectivity index (χ1) is 29.5. The normalized spacial score (nSPS) is 12.3. The molecule has 0 saturated carbocycles. The number of imidazole rings is 1. The lowest BCUT2D eigenvalue weighted by atomic mass is 9.81. The van der Waals surface area contributed by atoms with Crippen LogP contribution in [0.25, 0.3) is 83.5 Å². The Balaban J connectivity index is 1.39. The number of hydrogen-bond donors (Lipinski definition) is 1. The van der Waals surface area contributed by atoms with E-state index in [1.807, 2.05) is 55.0 Å². The molecule has 1 N–H and O–H groups in total. The highest BCUT2D eigenvalue weighted by molar-refractivity contribution is 5.99. The average molecular weight is 811 g/mol. The van der Waals surface area contributed by atoms with Crippen molar-refractivity contribution in [1.29, 1.82) is 0 Å². The Kier molecular flexibility index (Phi) is 9.97. The van der Waals surface area contributed by atoms with Crippen molar-refractivity contribution in [1.82, 2.24) is 19.5 Å². The van der Waals surface area contributed by atoms with Crippen molar-refractivity contribution in [2.75, 3.05) is 0 Å². The van der Waals surface area contributed by atoms with E-state index in [0.29, 0.717) is 5.56 Å². The van der Waals surface area contributed by atoms with Gasteiger partial charge in [0.25, 0.3) is 0 Å². The number of hydrogen-bond acceptors (Lipinski definition) is 4. The molecule has 9 rings (SSSR count). The van der Waals surface area contributed by atoms with Crippen LogP contribution in [0.5, 0.6) is 5.75 Å². The summed E-state index contributed by atoms with van der Waals surface area (Å²) in [6.07, 6.45) is 5.64. The van der Waals surface area contributed by atoms with E-state index in [0.717, 1.165) is 78.0 Å². The van der Waals surface area contributed by atoms with E-state index in [1.54, 1.807) is 6.07 Å². The molecule has 3 heterocycles. The molecule has 6 aromatic carbocycles. The van der Waals surface area contributed by atoms with Gasteiger partial charge in [0.2, 0.25) is 0 Å². The lowest BCUT2D eigenvalue weighted by Crippen LogP contribution is -2.13. The highest BCUT2D eigenvalue weighted by atomic mass is 16.3. The summed E-state index contributed by atoms with van der Waals surface area (Å²) in [7, 11) is 0. The van der Waals surface area contributed by atoms with Crippen molar-refractivity contribution in [2.45, 2.75) is 78.6 Å². The van der Waals surface area contributed by atoms with Gasteiger partial charge in [-0.3, -0.25) is 14.5 Å². The Morgan fingerprint density at radius 3 is 1.79 bits per heavy atom. The number of aromatic hydroxyl groups is 1. The zero-order valence-electron chi connectivity index (χ0n) is 37.2. The van der Waals surface area contributed by atoms with Gasteiger partial charge in [-0.25, -0.2) is 4.98 Å². The van der Waals surface area contributed by atoms with Crippen LogP contribution in [-0.2, 0) is 16.2 Å². The monoisotopic (exact) mass is 810 g/mol. The van der Waals surface area contributed by atoms with E-state index in [-0.39, 0.29) is 22.0 Å². The zero-order valence-corrected chi connectivity index (χ0v) is 37.2. The molecule has 308 valence electrons. The second kappa shape index (κ2) is 15.3. The molecular weight excluding hydrogens is 757 g/mol. The van der Waals surface area contributed by atoms with Crippen LogP contribution in [0, 0.1) is 0 Å². The molecule has 0 bridgehead atoms. The first-order valence-electron chi connectivity index (χ1n) is 21.6. The van der Waals surface area contributed by atoms with Gasteiger partial charge in [0.05, 0.1) is 22.9 Å². The maximum absolute atomic E-state index is 11.6. The number of phenolic OH excluding ortho intramolecular Hbond substituents is 1.